The van der Waals surface area contributed by atoms with Crippen molar-refractivity contribution in [2.45, 2.75) is 54.0 Å². The number of ketones is 1. The van der Waals surface area contributed by atoms with Crippen LogP contribution in [0, 0.1) is 11.3 Å². The van der Waals surface area contributed by atoms with Gasteiger partial charge < -0.3 is 10.6 Å². The smallest absolute Gasteiger partial charge is 0.315 e. The zero-order valence-corrected chi connectivity index (χ0v) is 11.9. The molecule has 0 aromatic rings. The van der Waals surface area contributed by atoms with Gasteiger partial charge in [-0.2, -0.15) is 0 Å². The summed E-state index contributed by atoms with van der Waals surface area (Å²) in [7, 11) is 0. The molecule has 0 fully saturated rings. The molecule has 0 radical (unpaired) electrons. The van der Waals surface area contributed by atoms with Crippen molar-refractivity contribution in [3.63, 3.8) is 0 Å². The van der Waals surface area contributed by atoms with Crippen LogP contribution in [0.15, 0.2) is 0 Å². The van der Waals surface area contributed by atoms with E-state index in [4.69, 9.17) is 0 Å². The van der Waals surface area contributed by atoms with Crippen molar-refractivity contribution in [3.05, 3.63) is 0 Å². The zero-order chi connectivity index (χ0) is 13.6. The minimum atomic E-state index is -0.431. The van der Waals surface area contributed by atoms with Gasteiger partial charge in [0.25, 0.3) is 0 Å². The molecular formula is C13H26N2O2. The third-order valence-corrected chi connectivity index (χ3v) is 2.48. The molecule has 2 N–H and O–H groups in total. The van der Waals surface area contributed by atoms with Crippen molar-refractivity contribution in [3.8, 4) is 0 Å². The second-order valence-corrected chi connectivity index (χ2v) is 5.87. The van der Waals surface area contributed by atoms with Crippen molar-refractivity contribution in [1.82, 2.24) is 10.6 Å². The number of carbonyl (C=O) groups excluding carboxylic acids is 2. The first kappa shape index (κ1) is 15.9. The highest BCUT2D eigenvalue weighted by Crippen LogP contribution is 2.20. The van der Waals surface area contributed by atoms with Gasteiger partial charge in [-0.25, -0.2) is 4.79 Å². The topological polar surface area (TPSA) is 58.2 Å². The summed E-state index contributed by atoms with van der Waals surface area (Å²) < 4.78 is 0. The lowest BCUT2D eigenvalue weighted by molar-refractivity contribution is -0.122. The molecule has 1 atom stereocenters. The van der Waals surface area contributed by atoms with Gasteiger partial charge in [-0.1, -0.05) is 41.5 Å². The normalized spacial score (nSPS) is 13.4. The monoisotopic (exact) mass is 242 g/mol. The Morgan fingerprint density at radius 2 is 1.71 bits per heavy atom. The molecule has 17 heavy (non-hydrogen) atoms. The lowest BCUT2D eigenvalue weighted by Crippen LogP contribution is -2.52. The molecule has 1 unspecified atom stereocenters. The number of hydrogen-bond acceptors (Lipinski definition) is 2. The molecule has 0 aliphatic rings. The third-order valence-electron chi connectivity index (χ3n) is 2.48. The Labute approximate surface area is 105 Å². The second-order valence-electron chi connectivity index (χ2n) is 5.87. The molecule has 0 heterocycles. The van der Waals surface area contributed by atoms with Gasteiger partial charge in [0.15, 0.2) is 5.78 Å². The molecule has 0 aliphatic heterocycles. The molecule has 0 rings (SSSR count). The third kappa shape index (κ3) is 6.29. The number of nitrogens with one attached hydrogen (secondary N) is 2. The van der Waals surface area contributed by atoms with Crippen LogP contribution < -0.4 is 10.6 Å². The van der Waals surface area contributed by atoms with E-state index < -0.39 is 6.04 Å². The minimum absolute atomic E-state index is 0.0668. The minimum Gasteiger partial charge on any atom is -0.338 e. The molecule has 0 saturated heterocycles. The van der Waals surface area contributed by atoms with Crippen molar-refractivity contribution in [2.24, 2.45) is 11.3 Å². The Kier molecular flexibility index (Phi) is 6.21. The molecular weight excluding hydrogens is 216 g/mol. The van der Waals surface area contributed by atoms with Crippen molar-refractivity contribution < 1.29 is 9.59 Å². The number of rotatable bonds is 5. The first-order chi connectivity index (χ1) is 7.68. The maximum absolute atomic E-state index is 11.8. The first-order valence-electron chi connectivity index (χ1n) is 6.25. The highest BCUT2D eigenvalue weighted by molar-refractivity contribution is 5.89. The fraction of sp³-hybridized carbons (Fsp3) is 0.846. The van der Waals surface area contributed by atoms with Gasteiger partial charge >= 0.3 is 6.03 Å². The van der Waals surface area contributed by atoms with E-state index in [0.29, 0.717) is 18.9 Å². The van der Waals surface area contributed by atoms with Crippen LogP contribution in [0.25, 0.3) is 0 Å². The number of Topliss-reactive ketones (excluding diaryl/α,β-unsaturated/α-hetero) is 1. The van der Waals surface area contributed by atoms with E-state index in [2.05, 4.69) is 10.6 Å². The molecule has 0 bridgehead atoms. The van der Waals surface area contributed by atoms with Gasteiger partial charge in [0, 0.05) is 13.0 Å². The first-order valence-corrected chi connectivity index (χ1v) is 6.25. The molecule has 0 aliphatic carbocycles. The molecule has 0 spiro atoms. The number of carbonyl (C=O) groups is 2. The molecule has 100 valence electrons. The number of hydrogen-bond donors (Lipinski definition) is 2. The average molecular weight is 242 g/mol. The maximum atomic E-state index is 11.8. The van der Waals surface area contributed by atoms with Gasteiger partial charge in [0.1, 0.15) is 0 Å². The lowest BCUT2D eigenvalue weighted by Gasteiger charge is -2.30. The highest BCUT2D eigenvalue weighted by Gasteiger charge is 2.31. The molecule has 2 amide bonds. The van der Waals surface area contributed by atoms with E-state index in [9.17, 15) is 9.59 Å². The van der Waals surface area contributed by atoms with Gasteiger partial charge in [0.05, 0.1) is 6.04 Å². The summed E-state index contributed by atoms with van der Waals surface area (Å²) in [5.74, 6) is 0.466. The fourth-order valence-corrected chi connectivity index (χ4v) is 1.46. The molecule has 0 aromatic heterocycles. The standard InChI is InChI=1S/C13H26N2O2/c1-7-10(16)11(13(4,5)6)15-12(17)14-8-9(2)3/h9,11H,7-8H2,1-6H3,(H2,14,15,17). The summed E-state index contributed by atoms with van der Waals surface area (Å²) in [6.45, 7) is 12.3. The Morgan fingerprint density at radius 1 is 1.18 bits per heavy atom. The van der Waals surface area contributed by atoms with Crippen molar-refractivity contribution in [2.75, 3.05) is 6.54 Å². The fourth-order valence-electron chi connectivity index (χ4n) is 1.46. The van der Waals surface area contributed by atoms with Crippen molar-refractivity contribution in [1.29, 1.82) is 0 Å². The van der Waals surface area contributed by atoms with E-state index in [1.807, 2.05) is 41.5 Å². The Balaban J connectivity index is 4.45. The molecule has 4 heteroatoms. The van der Waals surface area contributed by atoms with Gasteiger partial charge in [-0.15, -0.1) is 0 Å². The van der Waals surface area contributed by atoms with Gasteiger partial charge in [0.2, 0.25) is 0 Å². The van der Waals surface area contributed by atoms with E-state index in [1.54, 1.807) is 0 Å². The summed E-state index contributed by atoms with van der Waals surface area (Å²) in [6, 6.07) is -0.694. The Bertz CT molecular complexity index is 267. The quantitative estimate of drug-likeness (QED) is 0.777. The SMILES string of the molecule is CCC(=O)C(NC(=O)NCC(C)C)C(C)(C)C. The van der Waals surface area contributed by atoms with E-state index in [0.717, 1.165) is 0 Å². The maximum Gasteiger partial charge on any atom is 0.315 e. The largest absolute Gasteiger partial charge is 0.338 e. The predicted molar refractivity (Wildman–Crippen MR) is 69.9 cm³/mol. The molecule has 0 aromatic carbocycles. The highest BCUT2D eigenvalue weighted by atomic mass is 16.2. The molecule has 0 saturated carbocycles. The summed E-state index contributed by atoms with van der Waals surface area (Å²) in [6.07, 6.45) is 0.437. The van der Waals surface area contributed by atoms with Gasteiger partial charge in [-0.3, -0.25) is 4.79 Å². The number of amides is 2. The summed E-state index contributed by atoms with van der Waals surface area (Å²) in [5, 5.41) is 5.52. The van der Waals surface area contributed by atoms with E-state index >= 15 is 0 Å². The van der Waals surface area contributed by atoms with Crippen LogP contribution in [-0.4, -0.2) is 24.4 Å². The van der Waals surface area contributed by atoms with E-state index in [-0.39, 0.29) is 17.2 Å². The Morgan fingerprint density at radius 3 is 2.06 bits per heavy atom. The lowest BCUT2D eigenvalue weighted by atomic mass is 9.83. The van der Waals surface area contributed by atoms with Crippen LogP contribution in [0.5, 0.6) is 0 Å². The zero-order valence-electron chi connectivity index (χ0n) is 11.9. The summed E-state index contributed by atoms with van der Waals surface area (Å²) in [4.78, 5) is 23.4. The van der Waals surface area contributed by atoms with Gasteiger partial charge in [-0.05, 0) is 11.3 Å². The van der Waals surface area contributed by atoms with Crippen LogP contribution in [-0.2, 0) is 4.79 Å². The van der Waals surface area contributed by atoms with Crippen LogP contribution in [0.2, 0.25) is 0 Å². The van der Waals surface area contributed by atoms with E-state index in [1.165, 1.54) is 0 Å². The second kappa shape index (κ2) is 6.62. The van der Waals surface area contributed by atoms with Crippen LogP contribution in [0.3, 0.4) is 0 Å². The van der Waals surface area contributed by atoms with Crippen LogP contribution in [0.4, 0.5) is 4.79 Å². The summed E-state index contributed by atoms with van der Waals surface area (Å²) >= 11 is 0. The predicted octanol–water partition coefficient (Wildman–Crippen LogP) is 2.34. The average Bonchev–Trinajstić information content (AvgIpc) is 2.20. The Hall–Kier alpha value is -1.06. The molecule has 4 nitrogen and oxygen atoms in total. The van der Waals surface area contributed by atoms with Crippen LogP contribution >= 0.6 is 0 Å². The van der Waals surface area contributed by atoms with Crippen LogP contribution in [0.1, 0.15) is 48.0 Å². The number of urea groups is 1. The summed E-state index contributed by atoms with van der Waals surface area (Å²) in [5.41, 5.74) is -0.262. The van der Waals surface area contributed by atoms with Crippen molar-refractivity contribution >= 4 is 11.8 Å².